The van der Waals surface area contributed by atoms with Gasteiger partial charge < -0.3 is 19.4 Å². The summed E-state index contributed by atoms with van der Waals surface area (Å²) < 4.78 is 13.0. The molecule has 0 spiro atoms. The highest BCUT2D eigenvalue weighted by Crippen LogP contribution is 2.30. The molecule has 0 radical (unpaired) electrons. The molecule has 0 atom stereocenters. The third-order valence-electron chi connectivity index (χ3n) is 3.74. The molecule has 3 aromatic rings. The van der Waals surface area contributed by atoms with E-state index in [0.717, 1.165) is 5.69 Å². The van der Waals surface area contributed by atoms with Gasteiger partial charge in [-0.15, -0.1) is 0 Å². The summed E-state index contributed by atoms with van der Waals surface area (Å²) >= 11 is 0. The summed E-state index contributed by atoms with van der Waals surface area (Å²) in [5, 5.41) is 2.90. The molecule has 6 nitrogen and oxygen atoms in total. The van der Waals surface area contributed by atoms with Crippen molar-refractivity contribution in [3.8, 4) is 17.2 Å². The largest absolute Gasteiger partial charge is 0.494 e. The minimum atomic E-state index is -0.211. The van der Waals surface area contributed by atoms with Gasteiger partial charge >= 0.3 is 0 Å². The molecule has 3 rings (SSSR count). The summed E-state index contributed by atoms with van der Waals surface area (Å²) in [6.45, 7) is 4.88. The molecule has 1 N–H and O–H groups in total. The number of nitrogens with zero attached hydrogens (tertiary/aromatic N) is 2. The fourth-order valence-electron chi connectivity index (χ4n) is 2.54. The van der Waals surface area contributed by atoms with Gasteiger partial charge in [-0.05, 0) is 50.2 Å². The number of ether oxygens (including phenoxy) is 2. The van der Waals surface area contributed by atoms with Gasteiger partial charge in [0, 0.05) is 29.7 Å². The van der Waals surface area contributed by atoms with E-state index in [1.165, 1.54) is 0 Å². The maximum absolute atomic E-state index is 12.6. The Bertz CT molecular complexity index is 859. The van der Waals surface area contributed by atoms with Crippen LogP contribution in [0.15, 0.2) is 61.2 Å². The van der Waals surface area contributed by atoms with Crippen LogP contribution in [0, 0.1) is 0 Å². The van der Waals surface area contributed by atoms with E-state index in [-0.39, 0.29) is 5.91 Å². The molecule has 6 heteroatoms. The normalized spacial score (nSPS) is 10.4. The number of amides is 1. The van der Waals surface area contributed by atoms with Crippen molar-refractivity contribution in [3.63, 3.8) is 0 Å². The fourth-order valence-corrected chi connectivity index (χ4v) is 2.54. The Hall–Kier alpha value is -3.28. The Kier molecular flexibility index (Phi) is 5.53. The summed E-state index contributed by atoms with van der Waals surface area (Å²) in [5.41, 5.74) is 2.08. The van der Waals surface area contributed by atoms with E-state index < -0.39 is 0 Å². The quantitative estimate of drug-likeness (QED) is 0.701. The second kappa shape index (κ2) is 8.20. The average Bonchev–Trinajstić information content (AvgIpc) is 3.19. The summed E-state index contributed by atoms with van der Waals surface area (Å²) in [6.07, 6.45) is 5.27. The molecule has 0 saturated heterocycles. The zero-order valence-electron chi connectivity index (χ0n) is 14.8. The highest BCUT2D eigenvalue weighted by molar-refractivity contribution is 6.05. The van der Waals surface area contributed by atoms with Gasteiger partial charge in [0.2, 0.25) is 0 Å². The second-order valence-electron chi connectivity index (χ2n) is 5.49. The Morgan fingerprint density at radius 3 is 2.50 bits per heavy atom. The van der Waals surface area contributed by atoms with Crippen LogP contribution in [0.3, 0.4) is 0 Å². The molecule has 26 heavy (non-hydrogen) atoms. The van der Waals surface area contributed by atoms with Crippen LogP contribution in [0.2, 0.25) is 0 Å². The molecule has 1 heterocycles. The van der Waals surface area contributed by atoms with Crippen molar-refractivity contribution in [1.29, 1.82) is 0 Å². The van der Waals surface area contributed by atoms with Gasteiger partial charge in [0.05, 0.1) is 25.2 Å². The molecular formula is C20H21N3O3. The van der Waals surface area contributed by atoms with Crippen molar-refractivity contribution < 1.29 is 14.3 Å². The number of imidazole rings is 1. The van der Waals surface area contributed by atoms with E-state index in [2.05, 4.69) is 10.3 Å². The Labute approximate surface area is 152 Å². The summed E-state index contributed by atoms with van der Waals surface area (Å²) in [4.78, 5) is 16.6. The van der Waals surface area contributed by atoms with Crippen LogP contribution >= 0.6 is 0 Å². The first-order chi connectivity index (χ1) is 12.7. The maximum Gasteiger partial charge on any atom is 0.255 e. The highest BCUT2D eigenvalue weighted by atomic mass is 16.5. The number of carbonyl (C=O) groups is 1. The number of benzene rings is 2. The van der Waals surface area contributed by atoms with E-state index in [9.17, 15) is 4.79 Å². The van der Waals surface area contributed by atoms with Crippen LogP contribution in [0.4, 0.5) is 5.69 Å². The molecule has 0 saturated carbocycles. The zero-order valence-corrected chi connectivity index (χ0v) is 14.8. The number of carbonyl (C=O) groups excluding carboxylic acids is 1. The summed E-state index contributed by atoms with van der Waals surface area (Å²) in [7, 11) is 0. The van der Waals surface area contributed by atoms with Crippen molar-refractivity contribution in [2.24, 2.45) is 0 Å². The Morgan fingerprint density at radius 1 is 1.08 bits per heavy atom. The number of nitrogens with one attached hydrogen (secondary N) is 1. The first kappa shape index (κ1) is 17.5. The molecule has 0 aliphatic rings. The zero-order chi connectivity index (χ0) is 18.4. The van der Waals surface area contributed by atoms with E-state index in [4.69, 9.17) is 9.47 Å². The van der Waals surface area contributed by atoms with Crippen LogP contribution < -0.4 is 14.8 Å². The van der Waals surface area contributed by atoms with Gasteiger partial charge in [0.15, 0.2) is 0 Å². The number of anilines is 1. The molecular weight excluding hydrogens is 330 g/mol. The van der Waals surface area contributed by atoms with Crippen molar-refractivity contribution in [2.45, 2.75) is 13.8 Å². The van der Waals surface area contributed by atoms with E-state index in [1.54, 1.807) is 36.8 Å². The lowest BCUT2D eigenvalue weighted by Crippen LogP contribution is -2.13. The fraction of sp³-hybridized carbons (Fsp3) is 0.200. The Morgan fingerprint density at radius 2 is 1.85 bits per heavy atom. The minimum Gasteiger partial charge on any atom is -0.494 e. The third-order valence-corrected chi connectivity index (χ3v) is 3.74. The average molecular weight is 351 g/mol. The number of hydrogen-bond acceptors (Lipinski definition) is 4. The molecule has 1 amide bonds. The Balaban J connectivity index is 1.79. The third kappa shape index (κ3) is 4.03. The number of rotatable bonds is 7. The van der Waals surface area contributed by atoms with Crippen LogP contribution in [0.5, 0.6) is 11.5 Å². The predicted octanol–water partition coefficient (Wildman–Crippen LogP) is 3.92. The van der Waals surface area contributed by atoms with Crippen molar-refractivity contribution >= 4 is 11.6 Å². The number of hydrogen-bond donors (Lipinski definition) is 1. The minimum absolute atomic E-state index is 0.211. The van der Waals surface area contributed by atoms with E-state index in [0.29, 0.717) is 36.0 Å². The summed E-state index contributed by atoms with van der Waals surface area (Å²) in [5.74, 6) is 1.08. The van der Waals surface area contributed by atoms with Gasteiger partial charge in [-0.3, -0.25) is 4.79 Å². The van der Waals surface area contributed by atoms with Gasteiger partial charge in [0.25, 0.3) is 5.91 Å². The second-order valence-corrected chi connectivity index (χ2v) is 5.49. The molecule has 0 aliphatic heterocycles. The van der Waals surface area contributed by atoms with Gasteiger partial charge in [-0.2, -0.15) is 0 Å². The van der Waals surface area contributed by atoms with Gasteiger partial charge in [-0.1, -0.05) is 0 Å². The lowest BCUT2D eigenvalue weighted by molar-refractivity contribution is 0.102. The molecule has 0 fully saturated rings. The van der Waals surface area contributed by atoms with Crippen molar-refractivity contribution in [1.82, 2.24) is 9.55 Å². The van der Waals surface area contributed by atoms with E-state index >= 15 is 0 Å². The van der Waals surface area contributed by atoms with Crippen LogP contribution in [-0.2, 0) is 0 Å². The van der Waals surface area contributed by atoms with Crippen LogP contribution in [-0.4, -0.2) is 28.7 Å². The van der Waals surface area contributed by atoms with Crippen LogP contribution in [0.25, 0.3) is 5.69 Å². The van der Waals surface area contributed by atoms with Crippen LogP contribution in [0.1, 0.15) is 24.2 Å². The lowest BCUT2D eigenvalue weighted by atomic mass is 10.2. The van der Waals surface area contributed by atoms with Gasteiger partial charge in [0.1, 0.15) is 11.5 Å². The molecule has 0 bridgehead atoms. The first-order valence-electron chi connectivity index (χ1n) is 8.50. The van der Waals surface area contributed by atoms with E-state index in [1.807, 2.05) is 42.8 Å². The smallest absolute Gasteiger partial charge is 0.255 e. The topological polar surface area (TPSA) is 65.4 Å². The highest BCUT2D eigenvalue weighted by Gasteiger charge is 2.12. The monoisotopic (exact) mass is 351 g/mol. The molecule has 134 valence electrons. The summed E-state index contributed by atoms with van der Waals surface area (Å²) in [6, 6.07) is 12.7. The van der Waals surface area contributed by atoms with Gasteiger partial charge in [-0.25, -0.2) is 4.98 Å². The standard InChI is InChI=1S/C20H21N3O3/c1-3-25-17-9-10-19(26-4-2)18(13-17)22-20(24)15-5-7-16(8-6-15)23-12-11-21-14-23/h5-14H,3-4H2,1-2H3,(H,22,24). The SMILES string of the molecule is CCOc1ccc(OCC)c(NC(=O)c2ccc(-n3ccnc3)cc2)c1. The molecule has 2 aromatic carbocycles. The number of aromatic nitrogens is 2. The first-order valence-corrected chi connectivity index (χ1v) is 8.50. The molecule has 0 unspecified atom stereocenters. The van der Waals surface area contributed by atoms with Crippen molar-refractivity contribution in [3.05, 3.63) is 66.7 Å². The lowest BCUT2D eigenvalue weighted by Gasteiger charge is -2.14. The molecule has 1 aromatic heterocycles. The van der Waals surface area contributed by atoms with Crippen molar-refractivity contribution in [2.75, 3.05) is 18.5 Å². The maximum atomic E-state index is 12.6. The molecule has 0 aliphatic carbocycles. The predicted molar refractivity (Wildman–Crippen MR) is 100 cm³/mol.